The summed E-state index contributed by atoms with van der Waals surface area (Å²) in [7, 11) is 1.38. The zero-order chi connectivity index (χ0) is 14.1. The number of hydrogen-bond acceptors (Lipinski definition) is 4. The molecular formula is C15H14N2O3. The lowest BCUT2D eigenvalue weighted by Crippen LogP contribution is -2.01. The summed E-state index contributed by atoms with van der Waals surface area (Å²) in [6.45, 7) is 2.85. The van der Waals surface area contributed by atoms with Crippen LogP contribution in [0, 0.1) is 0 Å². The normalized spacial score (nSPS) is 10.9. The molecule has 0 spiro atoms. The van der Waals surface area contributed by atoms with Gasteiger partial charge in [-0.2, -0.15) is 0 Å². The van der Waals surface area contributed by atoms with E-state index in [2.05, 4.69) is 16.6 Å². The number of carbonyl (C=O) groups excluding carboxylic acids is 1. The van der Waals surface area contributed by atoms with E-state index in [9.17, 15) is 4.79 Å². The van der Waals surface area contributed by atoms with Crippen LogP contribution in [0.4, 0.5) is 0 Å². The van der Waals surface area contributed by atoms with Crippen molar-refractivity contribution in [3.05, 3.63) is 42.2 Å². The predicted molar refractivity (Wildman–Crippen MR) is 74.4 cm³/mol. The maximum absolute atomic E-state index is 11.6. The van der Waals surface area contributed by atoms with Crippen LogP contribution in [0.2, 0.25) is 0 Å². The van der Waals surface area contributed by atoms with E-state index in [1.807, 2.05) is 24.4 Å². The summed E-state index contributed by atoms with van der Waals surface area (Å²) in [5.74, 6) is 0.380. The molecule has 2 aromatic heterocycles. The molecular weight excluding hydrogens is 256 g/mol. The molecule has 0 saturated carbocycles. The molecule has 0 bridgehead atoms. The first kappa shape index (κ1) is 12.5. The molecule has 5 heteroatoms. The Hall–Kier alpha value is -2.56. The van der Waals surface area contributed by atoms with Crippen molar-refractivity contribution in [1.29, 1.82) is 0 Å². The fourth-order valence-electron chi connectivity index (χ4n) is 2.35. The molecule has 0 aliphatic rings. The third kappa shape index (κ3) is 1.87. The molecule has 0 radical (unpaired) electrons. The van der Waals surface area contributed by atoms with Gasteiger partial charge >= 0.3 is 5.97 Å². The number of nitrogens with zero attached hydrogens (tertiary/aromatic N) is 2. The Bertz CT molecular complexity index is 757. The molecule has 2 heterocycles. The van der Waals surface area contributed by atoms with Crippen molar-refractivity contribution in [2.75, 3.05) is 7.11 Å². The highest BCUT2D eigenvalue weighted by molar-refractivity contribution is 5.99. The molecule has 0 N–H and O–H groups in total. The second-order valence-electron chi connectivity index (χ2n) is 4.43. The lowest BCUT2D eigenvalue weighted by atomic mass is 10.1. The molecule has 0 aliphatic carbocycles. The van der Waals surface area contributed by atoms with Crippen LogP contribution in [0.1, 0.15) is 17.3 Å². The number of rotatable bonds is 3. The number of carbonyl (C=O) groups is 1. The van der Waals surface area contributed by atoms with E-state index in [-0.39, 0.29) is 5.97 Å². The van der Waals surface area contributed by atoms with Crippen LogP contribution in [0.25, 0.3) is 22.2 Å². The van der Waals surface area contributed by atoms with E-state index in [4.69, 9.17) is 9.26 Å². The molecule has 20 heavy (non-hydrogen) atoms. The van der Waals surface area contributed by atoms with Crippen LogP contribution in [0.3, 0.4) is 0 Å². The smallest absolute Gasteiger partial charge is 0.337 e. The van der Waals surface area contributed by atoms with Crippen molar-refractivity contribution in [2.45, 2.75) is 13.5 Å². The van der Waals surface area contributed by atoms with Crippen molar-refractivity contribution in [3.8, 4) is 11.3 Å². The van der Waals surface area contributed by atoms with Crippen molar-refractivity contribution < 1.29 is 14.1 Å². The number of benzene rings is 1. The van der Waals surface area contributed by atoms with Crippen LogP contribution >= 0.6 is 0 Å². The first-order chi connectivity index (χ1) is 9.74. The summed E-state index contributed by atoms with van der Waals surface area (Å²) >= 11 is 0. The van der Waals surface area contributed by atoms with Gasteiger partial charge < -0.3 is 13.8 Å². The Morgan fingerprint density at radius 3 is 2.90 bits per heavy atom. The second-order valence-corrected chi connectivity index (χ2v) is 4.43. The fourth-order valence-corrected chi connectivity index (χ4v) is 2.35. The van der Waals surface area contributed by atoms with Crippen molar-refractivity contribution >= 4 is 16.9 Å². The van der Waals surface area contributed by atoms with Gasteiger partial charge in [0.05, 0.1) is 18.9 Å². The molecule has 0 fully saturated rings. The Morgan fingerprint density at radius 1 is 1.40 bits per heavy atom. The number of fused-ring (bicyclic) bond motifs is 1. The Kier molecular flexibility index (Phi) is 3.02. The third-order valence-electron chi connectivity index (χ3n) is 3.35. The summed E-state index contributed by atoms with van der Waals surface area (Å²) in [6.07, 6.45) is 3.62. The maximum atomic E-state index is 11.6. The minimum absolute atomic E-state index is 0.336. The predicted octanol–water partition coefficient (Wildman–Crippen LogP) is 3.10. The van der Waals surface area contributed by atoms with E-state index in [1.54, 1.807) is 12.3 Å². The minimum atomic E-state index is -0.336. The average molecular weight is 270 g/mol. The highest BCUT2D eigenvalue weighted by Crippen LogP contribution is 2.31. The first-order valence-electron chi connectivity index (χ1n) is 6.37. The lowest BCUT2D eigenvalue weighted by molar-refractivity contribution is 0.0601. The van der Waals surface area contributed by atoms with Crippen molar-refractivity contribution in [3.63, 3.8) is 0 Å². The van der Waals surface area contributed by atoms with Gasteiger partial charge in [0.1, 0.15) is 0 Å². The van der Waals surface area contributed by atoms with Gasteiger partial charge in [-0.05, 0) is 19.1 Å². The first-order valence-corrected chi connectivity index (χ1v) is 6.37. The lowest BCUT2D eigenvalue weighted by Gasteiger charge is -2.03. The molecule has 3 rings (SSSR count). The van der Waals surface area contributed by atoms with Gasteiger partial charge in [-0.15, -0.1) is 0 Å². The molecule has 1 aromatic carbocycles. The number of aryl methyl sites for hydroxylation is 1. The molecule has 102 valence electrons. The minimum Gasteiger partial charge on any atom is -0.465 e. The van der Waals surface area contributed by atoms with Gasteiger partial charge in [0, 0.05) is 35.3 Å². The maximum Gasteiger partial charge on any atom is 0.337 e. The van der Waals surface area contributed by atoms with Gasteiger partial charge in [0.15, 0.2) is 5.76 Å². The van der Waals surface area contributed by atoms with E-state index < -0.39 is 0 Å². The van der Waals surface area contributed by atoms with Gasteiger partial charge in [-0.25, -0.2) is 4.79 Å². The van der Waals surface area contributed by atoms with Gasteiger partial charge in [-0.1, -0.05) is 11.2 Å². The number of aromatic nitrogens is 2. The van der Waals surface area contributed by atoms with Crippen LogP contribution < -0.4 is 0 Å². The standard InChI is InChI=1S/C15H14N2O3/c1-3-17-9-12(14-6-7-16-20-14)11-5-4-10(8-13(11)17)15(18)19-2/h4-9H,3H2,1-2H3. The summed E-state index contributed by atoms with van der Waals surface area (Å²) in [5, 5.41) is 4.77. The van der Waals surface area contributed by atoms with Gasteiger partial charge in [0.25, 0.3) is 0 Å². The Labute approximate surface area is 115 Å². The topological polar surface area (TPSA) is 57.3 Å². The highest BCUT2D eigenvalue weighted by atomic mass is 16.5. The third-order valence-corrected chi connectivity index (χ3v) is 3.35. The molecule has 0 atom stereocenters. The highest BCUT2D eigenvalue weighted by Gasteiger charge is 2.14. The summed E-state index contributed by atoms with van der Waals surface area (Å²) < 4.78 is 12.1. The summed E-state index contributed by atoms with van der Waals surface area (Å²) in [4.78, 5) is 11.6. The number of methoxy groups -OCH3 is 1. The van der Waals surface area contributed by atoms with Crippen molar-refractivity contribution in [2.24, 2.45) is 0 Å². The zero-order valence-corrected chi connectivity index (χ0v) is 11.3. The quantitative estimate of drug-likeness (QED) is 0.686. The monoisotopic (exact) mass is 270 g/mol. The molecule has 0 aliphatic heterocycles. The second kappa shape index (κ2) is 4.85. The molecule has 0 amide bonds. The molecule has 0 saturated heterocycles. The molecule has 0 unspecified atom stereocenters. The fraction of sp³-hybridized carbons (Fsp3) is 0.200. The average Bonchev–Trinajstić information content (AvgIpc) is 3.12. The molecule has 3 aromatic rings. The van der Waals surface area contributed by atoms with Crippen molar-refractivity contribution in [1.82, 2.24) is 9.72 Å². The SMILES string of the molecule is CCn1cc(-c2ccno2)c2ccc(C(=O)OC)cc21. The number of ether oxygens (including phenoxy) is 1. The van der Waals surface area contributed by atoms with E-state index in [1.165, 1.54) is 7.11 Å². The number of hydrogen-bond donors (Lipinski definition) is 0. The van der Waals surface area contributed by atoms with E-state index in [0.717, 1.165) is 23.0 Å². The Morgan fingerprint density at radius 2 is 2.25 bits per heavy atom. The van der Waals surface area contributed by atoms with Gasteiger partial charge in [-0.3, -0.25) is 0 Å². The zero-order valence-electron chi connectivity index (χ0n) is 11.3. The van der Waals surface area contributed by atoms with E-state index >= 15 is 0 Å². The number of esters is 1. The van der Waals surface area contributed by atoms with Crippen LogP contribution in [0.15, 0.2) is 41.2 Å². The largest absolute Gasteiger partial charge is 0.465 e. The van der Waals surface area contributed by atoms with Crippen LogP contribution in [-0.4, -0.2) is 22.8 Å². The van der Waals surface area contributed by atoms with Crippen LogP contribution in [0.5, 0.6) is 0 Å². The summed E-state index contributed by atoms with van der Waals surface area (Å²) in [5.41, 5.74) is 2.48. The van der Waals surface area contributed by atoms with E-state index in [0.29, 0.717) is 11.3 Å². The molecule has 5 nitrogen and oxygen atoms in total. The van der Waals surface area contributed by atoms with Crippen LogP contribution in [-0.2, 0) is 11.3 Å². The Balaban J connectivity index is 2.23. The summed E-state index contributed by atoms with van der Waals surface area (Å²) in [6, 6.07) is 7.33. The van der Waals surface area contributed by atoms with Gasteiger partial charge in [0.2, 0.25) is 0 Å².